The first-order valence-corrected chi connectivity index (χ1v) is 9.92. The predicted octanol–water partition coefficient (Wildman–Crippen LogP) is 3.37. The first-order chi connectivity index (χ1) is 14.1. The number of amides is 1. The van der Waals surface area contributed by atoms with E-state index in [1.807, 2.05) is 17.2 Å². The summed E-state index contributed by atoms with van der Waals surface area (Å²) >= 11 is 6.11. The average molecular weight is 415 g/mol. The number of ether oxygens (including phenoxy) is 2. The molecule has 7 nitrogen and oxygen atoms in total. The summed E-state index contributed by atoms with van der Waals surface area (Å²) in [6, 6.07) is 7.02. The molecule has 1 aliphatic heterocycles. The van der Waals surface area contributed by atoms with Crippen LogP contribution in [-0.4, -0.2) is 59.3 Å². The van der Waals surface area contributed by atoms with Crippen molar-refractivity contribution < 1.29 is 14.3 Å². The van der Waals surface area contributed by atoms with E-state index in [1.54, 1.807) is 38.6 Å². The van der Waals surface area contributed by atoms with Crippen molar-refractivity contribution in [1.29, 1.82) is 0 Å². The summed E-state index contributed by atoms with van der Waals surface area (Å²) in [7, 11) is 3.24. The molecule has 4 rings (SSSR count). The quantitative estimate of drug-likeness (QED) is 0.618. The fourth-order valence-corrected chi connectivity index (χ4v) is 4.06. The van der Waals surface area contributed by atoms with E-state index in [9.17, 15) is 4.79 Å². The molecule has 2 aromatic heterocycles. The van der Waals surface area contributed by atoms with Crippen molar-refractivity contribution in [1.82, 2.24) is 19.4 Å². The molecule has 29 heavy (non-hydrogen) atoms. The number of hydrogen-bond acceptors (Lipinski definition) is 5. The Balaban J connectivity index is 1.60. The zero-order valence-corrected chi connectivity index (χ0v) is 17.2. The first-order valence-electron chi connectivity index (χ1n) is 9.54. The molecule has 0 N–H and O–H groups in total. The zero-order valence-electron chi connectivity index (χ0n) is 16.5. The van der Waals surface area contributed by atoms with Gasteiger partial charge in [0.15, 0.2) is 0 Å². The Morgan fingerprint density at radius 1 is 1.31 bits per heavy atom. The highest BCUT2D eigenvalue weighted by Gasteiger charge is 2.32. The molecule has 152 valence electrons. The molecule has 3 aromatic rings. The molecular formula is C21H23ClN4O3. The summed E-state index contributed by atoms with van der Waals surface area (Å²) in [5.41, 5.74) is 2.38. The molecule has 0 aliphatic carbocycles. The third-order valence-electron chi connectivity index (χ3n) is 5.33. The summed E-state index contributed by atoms with van der Waals surface area (Å²) in [4.78, 5) is 24.0. The number of rotatable bonds is 6. The third-order valence-corrected chi connectivity index (χ3v) is 5.57. The predicted molar refractivity (Wildman–Crippen MR) is 111 cm³/mol. The van der Waals surface area contributed by atoms with E-state index in [1.165, 1.54) is 0 Å². The van der Waals surface area contributed by atoms with E-state index in [2.05, 4.69) is 9.55 Å². The van der Waals surface area contributed by atoms with Crippen molar-refractivity contribution >= 4 is 28.5 Å². The minimum Gasteiger partial charge on any atom is -0.496 e. The molecular weight excluding hydrogens is 392 g/mol. The van der Waals surface area contributed by atoms with E-state index in [4.69, 9.17) is 26.1 Å². The van der Waals surface area contributed by atoms with Crippen LogP contribution in [0.3, 0.4) is 0 Å². The number of imidazole rings is 1. The lowest BCUT2D eigenvalue weighted by molar-refractivity contribution is 0.0787. The maximum absolute atomic E-state index is 13.1. The number of benzene rings is 1. The van der Waals surface area contributed by atoms with Gasteiger partial charge in [0.2, 0.25) is 0 Å². The average Bonchev–Trinajstić information content (AvgIpc) is 3.36. The molecule has 8 heteroatoms. The van der Waals surface area contributed by atoms with Crippen molar-refractivity contribution in [2.45, 2.75) is 18.9 Å². The van der Waals surface area contributed by atoms with E-state index in [0.29, 0.717) is 42.6 Å². The lowest BCUT2D eigenvalue weighted by Crippen LogP contribution is -2.29. The Morgan fingerprint density at radius 2 is 2.17 bits per heavy atom. The van der Waals surface area contributed by atoms with Crippen molar-refractivity contribution in [2.75, 3.05) is 33.9 Å². The fraction of sp³-hybridized carbons (Fsp3) is 0.381. The van der Waals surface area contributed by atoms with Crippen LogP contribution < -0.4 is 4.74 Å². The minimum absolute atomic E-state index is 0.0759. The van der Waals surface area contributed by atoms with Gasteiger partial charge in [0.25, 0.3) is 5.91 Å². The number of aromatic nitrogens is 3. The molecule has 0 radical (unpaired) electrons. The van der Waals surface area contributed by atoms with Crippen LogP contribution in [0, 0.1) is 0 Å². The number of pyridine rings is 1. The van der Waals surface area contributed by atoms with Crippen LogP contribution in [0.4, 0.5) is 0 Å². The van der Waals surface area contributed by atoms with Gasteiger partial charge in [0.1, 0.15) is 11.6 Å². The Kier molecular flexibility index (Phi) is 5.69. The van der Waals surface area contributed by atoms with Crippen molar-refractivity contribution in [3.05, 3.63) is 53.1 Å². The van der Waals surface area contributed by atoms with Crippen LogP contribution >= 0.6 is 11.6 Å². The molecule has 1 atom stereocenters. The maximum Gasteiger partial charge on any atom is 0.257 e. The third kappa shape index (κ3) is 3.80. The molecule has 1 aromatic carbocycles. The molecule has 1 aliphatic rings. The minimum atomic E-state index is -0.0759. The fourth-order valence-electron chi connectivity index (χ4n) is 3.89. The second-order valence-electron chi connectivity index (χ2n) is 7.06. The Hall–Kier alpha value is -2.64. The molecule has 3 heterocycles. The van der Waals surface area contributed by atoms with Gasteiger partial charge in [0, 0.05) is 43.9 Å². The summed E-state index contributed by atoms with van der Waals surface area (Å²) < 4.78 is 12.8. The number of carbonyl (C=O) groups excluding carboxylic acids is 1. The van der Waals surface area contributed by atoms with Crippen molar-refractivity contribution in [3.8, 4) is 5.75 Å². The van der Waals surface area contributed by atoms with Gasteiger partial charge in [0.05, 0.1) is 36.5 Å². The molecule has 1 amide bonds. The topological polar surface area (TPSA) is 69.5 Å². The summed E-state index contributed by atoms with van der Waals surface area (Å²) in [6.07, 6.45) is 4.42. The molecule has 0 unspecified atom stereocenters. The highest BCUT2D eigenvalue weighted by molar-refractivity contribution is 6.31. The van der Waals surface area contributed by atoms with Gasteiger partial charge in [-0.05, 0) is 30.7 Å². The zero-order chi connectivity index (χ0) is 20.4. The van der Waals surface area contributed by atoms with Gasteiger partial charge in [-0.3, -0.25) is 9.78 Å². The summed E-state index contributed by atoms with van der Waals surface area (Å²) in [6.45, 7) is 2.53. The largest absolute Gasteiger partial charge is 0.496 e. The first kappa shape index (κ1) is 19.7. The second kappa shape index (κ2) is 8.39. The standard InChI is InChI=1S/C21H23ClN4O3/c1-28-10-9-26-18-12-23-7-5-17(18)24-20(26)14-6-8-25(13-14)21(27)16-11-15(22)3-4-19(16)29-2/h3-5,7,11-12,14H,6,8-10,13H2,1-2H3/t14-/m1/s1. The van der Waals surface area contributed by atoms with Crippen LogP contribution in [-0.2, 0) is 11.3 Å². The Morgan fingerprint density at radius 3 is 2.97 bits per heavy atom. The van der Waals surface area contributed by atoms with Crippen LogP contribution in [0.1, 0.15) is 28.5 Å². The van der Waals surface area contributed by atoms with E-state index in [-0.39, 0.29) is 11.8 Å². The molecule has 0 bridgehead atoms. The summed E-state index contributed by atoms with van der Waals surface area (Å²) in [5.74, 6) is 1.57. The van der Waals surface area contributed by atoms with E-state index < -0.39 is 0 Å². The number of nitrogens with zero attached hydrogens (tertiary/aromatic N) is 4. The molecule has 1 saturated heterocycles. The van der Waals surface area contributed by atoms with Gasteiger partial charge in [-0.1, -0.05) is 11.6 Å². The van der Waals surface area contributed by atoms with Crippen LogP contribution in [0.25, 0.3) is 11.0 Å². The number of hydrogen-bond donors (Lipinski definition) is 0. The lowest BCUT2D eigenvalue weighted by Gasteiger charge is -2.19. The van der Waals surface area contributed by atoms with Crippen molar-refractivity contribution in [2.24, 2.45) is 0 Å². The van der Waals surface area contributed by atoms with Crippen molar-refractivity contribution in [3.63, 3.8) is 0 Å². The Labute approximate surface area is 174 Å². The second-order valence-corrected chi connectivity index (χ2v) is 7.50. The van der Waals surface area contributed by atoms with Crippen LogP contribution in [0.5, 0.6) is 5.75 Å². The van der Waals surface area contributed by atoms with Gasteiger partial charge >= 0.3 is 0 Å². The summed E-state index contributed by atoms with van der Waals surface area (Å²) in [5, 5.41) is 0.513. The molecule has 1 fully saturated rings. The van der Waals surface area contributed by atoms with Gasteiger partial charge in [-0.2, -0.15) is 0 Å². The van der Waals surface area contributed by atoms with E-state index >= 15 is 0 Å². The number of halogens is 1. The lowest BCUT2D eigenvalue weighted by atomic mass is 10.1. The number of likely N-dealkylation sites (tertiary alicyclic amines) is 1. The van der Waals surface area contributed by atoms with Crippen LogP contribution in [0.15, 0.2) is 36.7 Å². The van der Waals surface area contributed by atoms with Crippen LogP contribution in [0.2, 0.25) is 5.02 Å². The molecule has 0 saturated carbocycles. The number of methoxy groups -OCH3 is 2. The maximum atomic E-state index is 13.1. The van der Waals surface area contributed by atoms with Gasteiger partial charge in [-0.25, -0.2) is 4.98 Å². The van der Waals surface area contributed by atoms with Gasteiger partial charge in [-0.15, -0.1) is 0 Å². The highest BCUT2D eigenvalue weighted by atomic mass is 35.5. The normalized spacial score (nSPS) is 16.5. The molecule has 0 spiro atoms. The smallest absolute Gasteiger partial charge is 0.257 e. The monoisotopic (exact) mass is 414 g/mol. The van der Waals surface area contributed by atoms with E-state index in [0.717, 1.165) is 23.3 Å². The SMILES string of the molecule is COCCn1c([C@@H]2CCN(C(=O)c3cc(Cl)ccc3OC)C2)nc2ccncc21. The highest BCUT2D eigenvalue weighted by Crippen LogP contribution is 2.32. The number of fused-ring (bicyclic) bond motifs is 1. The number of carbonyl (C=O) groups is 1. The van der Waals surface area contributed by atoms with Gasteiger partial charge < -0.3 is 18.9 Å². The Bertz CT molecular complexity index is 1040.